The summed E-state index contributed by atoms with van der Waals surface area (Å²) in [6.07, 6.45) is 6.23. The Morgan fingerprint density at radius 3 is 1.92 bits per heavy atom. The van der Waals surface area contributed by atoms with E-state index in [2.05, 4.69) is 38.0 Å². The largest absolute Gasteiger partial charge is 0.362 e. The molecular weight excluding hydrogens is 324 g/mol. The van der Waals surface area contributed by atoms with E-state index in [0.717, 1.165) is 40.9 Å². The molecule has 0 fully saturated rings. The van der Waals surface area contributed by atoms with Crippen LogP contribution in [-0.2, 0) is 9.59 Å². The molecule has 0 amide bonds. The van der Waals surface area contributed by atoms with Gasteiger partial charge in [-0.25, -0.2) is 0 Å². The number of aromatic nitrogens is 1. The second-order valence-electron chi connectivity index (χ2n) is 9.51. The standard InChI is InChI=1S/C22H26N2O2/c1-21(2)8-14-19(16(25)10-21)18(13-6-5-7-23-12-13)20-15(24-14)9-22(3,4)11-17(20)26/h5-7,12,18,24H,8-11H2,1-4H3. The third kappa shape index (κ3) is 2.81. The van der Waals surface area contributed by atoms with Gasteiger partial charge < -0.3 is 5.32 Å². The van der Waals surface area contributed by atoms with Gasteiger partial charge in [0.1, 0.15) is 0 Å². The zero-order chi connectivity index (χ0) is 18.7. The summed E-state index contributed by atoms with van der Waals surface area (Å²) in [6, 6.07) is 3.87. The number of hydrogen-bond acceptors (Lipinski definition) is 4. The van der Waals surface area contributed by atoms with E-state index in [9.17, 15) is 9.59 Å². The summed E-state index contributed by atoms with van der Waals surface area (Å²) in [7, 11) is 0. The van der Waals surface area contributed by atoms with Crippen LogP contribution < -0.4 is 5.32 Å². The molecule has 1 aliphatic heterocycles. The molecule has 1 N–H and O–H groups in total. The Balaban J connectivity index is 1.91. The van der Waals surface area contributed by atoms with Crippen LogP contribution in [0.25, 0.3) is 0 Å². The molecule has 26 heavy (non-hydrogen) atoms. The second-order valence-corrected chi connectivity index (χ2v) is 9.51. The molecule has 0 saturated heterocycles. The van der Waals surface area contributed by atoms with Gasteiger partial charge in [0.05, 0.1) is 0 Å². The summed E-state index contributed by atoms with van der Waals surface area (Å²) >= 11 is 0. The molecule has 0 radical (unpaired) electrons. The Morgan fingerprint density at radius 2 is 1.46 bits per heavy atom. The number of nitrogens with one attached hydrogen (secondary N) is 1. The second kappa shape index (κ2) is 5.63. The van der Waals surface area contributed by atoms with E-state index >= 15 is 0 Å². The molecule has 2 aliphatic carbocycles. The van der Waals surface area contributed by atoms with Gasteiger partial charge in [-0.15, -0.1) is 0 Å². The normalized spacial score (nSPS) is 24.9. The molecule has 2 heterocycles. The Labute approximate surface area is 154 Å². The molecule has 1 aromatic heterocycles. The average Bonchev–Trinajstić information content (AvgIpc) is 2.51. The highest BCUT2D eigenvalue weighted by atomic mass is 16.1. The molecule has 1 aromatic rings. The van der Waals surface area contributed by atoms with Crippen molar-refractivity contribution in [1.82, 2.24) is 10.3 Å². The van der Waals surface area contributed by atoms with Crippen LogP contribution in [0.5, 0.6) is 0 Å². The number of rotatable bonds is 1. The van der Waals surface area contributed by atoms with Crippen LogP contribution in [0.2, 0.25) is 0 Å². The summed E-state index contributed by atoms with van der Waals surface area (Å²) in [4.78, 5) is 30.4. The molecule has 4 nitrogen and oxygen atoms in total. The van der Waals surface area contributed by atoms with Gasteiger partial charge in [0.2, 0.25) is 0 Å². The topological polar surface area (TPSA) is 59.1 Å². The lowest BCUT2D eigenvalue weighted by atomic mass is 9.64. The SMILES string of the molecule is CC1(C)CC(=O)C2=C(C1)NC1=C(C(=O)CC(C)(C)C1)C2c1cccnc1. The monoisotopic (exact) mass is 350 g/mol. The number of allylic oxidation sites excluding steroid dienone is 4. The molecule has 0 aromatic carbocycles. The Morgan fingerprint density at radius 1 is 0.923 bits per heavy atom. The quantitative estimate of drug-likeness (QED) is 0.830. The molecule has 3 aliphatic rings. The maximum atomic E-state index is 13.1. The summed E-state index contributed by atoms with van der Waals surface area (Å²) < 4.78 is 0. The van der Waals surface area contributed by atoms with Gasteiger partial charge in [-0.1, -0.05) is 33.8 Å². The van der Waals surface area contributed by atoms with E-state index in [1.54, 1.807) is 12.4 Å². The molecule has 0 unspecified atom stereocenters. The number of hydrogen-bond donors (Lipinski definition) is 1. The summed E-state index contributed by atoms with van der Waals surface area (Å²) in [5.74, 6) is 0.0331. The van der Waals surface area contributed by atoms with Crippen molar-refractivity contribution in [2.75, 3.05) is 0 Å². The summed E-state index contributed by atoms with van der Waals surface area (Å²) in [5, 5.41) is 3.53. The van der Waals surface area contributed by atoms with Crippen LogP contribution in [0.4, 0.5) is 0 Å². The Bertz CT molecular complexity index is 807. The highest BCUT2D eigenvalue weighted by Gasteiger charge is 2.46. The predicted octanol–water partition coefficient (Wildman–Crippen LogP) is 4.05. The maximum absolute atomic E-state index is 13.1. The number of ketones is 2. The van der Waals surface area contributed by atoms with Crippen molar-refractivity contribution in [3.63, 3.8) is 0 Å². The van der Waals surface area contributed by atoms with E-state index in [1.807, 2.05) is 12.1 Å². The molecule has 4 rings (SSSR count). The lowest BCUT2D eigenvalue weighted by molar-refractivity contribution is -0.119. The summed E-state index contributed by atoms with van der Waals surface area (Å²) in [5.41, 5.74) is 4.39. The van der Waals surface area contributed by atoms with Gasteiger partial charge in [0.15, 0.2) is 11.6 Å². The van der Waals surface area contributed by atoms with Crippen LogP contribution in [-0.4, -0.2) is 16.6 Å². The minimum Gasteiger partial charge on any atom is -0.362 e. The van der Waals surface area contributed by atoms with Crippen LogP contribution in [0.1, 0.15) is 64.9 Å². The minimum atomic E-state index is -0.276. The van der Waals surface area contributed by atoms with Gasteiger partial charge in [-0.3, -0.25) is 14.6 Å². The molecule has 4 heteroatoms. The van der Waals surface area contributed by atoms with Crippen LogP contribution in [0.15, 0.2) is 47.1 Å². The van der Waals surface area contributed by atoms with Crippen molar-refractivity contribution < 1.29 is 9.59 Å². The van der Waals surface area contributed by atoms with Gasteiger partial charge in [-0.2, -0.15) is 0 Å². The van der Waals surface area contributed by atoms with Crippen LogP contribution >= 0.6 is 0 Å². The fourth-order valence-electron chi connectivity index (χ4n) is 4.77. The number of nitrogens with zero attached hydrogens (tertiary/aromatic N) is 1. The first-order valence-corrected chi connectivity index (χ1v) is 9.36. The zero-order valence-corrected chi connectivity index (χ0v) is 16.0. The fraction of sp³-hybridized carbons (Fsp3) is 0.500. The van der Waals surface area contributed by atoms with Crippen LogP contribution in [0.3, 0.4) is 0 Å². The lowest BCUT2D eigenvalue weighted by Crippen LogP contribution is -2.42. The molecule has 0 atom stereocenters. The molecule has 0 saturated carbocycles. The number of dihydropyridines is 1. The average molecular weight is 350 g/mol. The fourth-order valence-corrected chi connectivity index (χ4v) is 4.77. The molecule has 136 valence electrons. The number of carbonyl (C=O) groups excluding carboxylic acids is 2. The first-order chi connectivity index (χ1) is 12.2. The van der Waals surface area contributed by atoms with Crippen molar-refractivity contribution in [1.29, 1.82) is 0 Å². The minimum absolute atomic E-state index is 0.0609. The first-order valence-electron chi connectivity index (χ1n) is 9.36. The van der Waals surface area contributed by atoms with Crippen molar-refractivity contribution in [3.05, 3.63) is 52.6 Å². The lowest BCUT2D eigenvalue weighted by Gasteiger charge is -2.43. The number of Topliss-reactive ketones (excluding diaryl/α,β-unsaturated/α-hetero) is 2. The van der Waals surface area contributed by atoms with E-state index in [0.29, 0.717) is 12.8 Å². The Kier molecular flexibility index (Phi) is 3.73. The van der Waals surface area contributed by atoms with E-state index in [-0.39, 0.29) is 28.3 Å². The van der Waals surface area contributed by atoms with Crippen LogP contribution in [0, 0.1) is 10.8 Å². The molecule has 0 spiro atoms. The van der Waals surface area contributed by atoms with E-state index in [4.69, 9.17) is 0 Å². The highest BCUT2D eigenvalue weighted by molar-refractivity contribution is 6.06. The van der Waals surface area contributed by atoms with Crippen molar-refractivity contribution in [2.45, 2.75) is 59.3 Å². The summed E-state index contributed by atoms with van der Waals surface area (Å²) in [6.45, 7) is 8.54. The van der Waals surface area contributed by atoms with Gasteiger partial charge >= 0.3 is 0 Å². The van der Waals surface area contributed by atoms with Gasteiger partial charge in [0.25, 0.3) is 0 Å². The third-order valence-electron chi connectivity index (χ3n) is 5.74. The Hall–Kier alpha value is -2.23. The van der Waals surface area contributed by atoms with Crippen molar-refractivity contribution >= 4 is 11.6 Å². The van der Waals surface area contributed by atoms with E-state index < -0.39 is 0 Å². The maximum Gasteiger partial charge on any atom is 0.162 e. The molecular formula is C22H26N2O2. The van der Waals surface area contributed by atoms with Crippen molar-refractivity contribution in [2.24, 2.45) is 10.8 Å². The third-order valence-corrected chi connectivity index (χ3v) is 5.74. The number of carbonyl (C=O) groups is 2. The van der Waals surface area contributed by atoms with E-state index in [1.165, 1.54) is 0 Å². The number of pyridine rings is 1. The zero-order valence-electron chi connectivity index (χ0n) is 16.0. The van der Waals surface area contributed by atoms with Gasteiger partial charge in [0, 0.05) is 53.7 Å². The van der Waals surface area contributed by atoms with Crippen molar-refractivity contribution in [3.8, 4) is 0 Å². The smallest absolute Gasteiger partial charge is 0.162 e. The predicted molar refractivity (Wildman–Crippen MR) is 100 cm³/mol. The highest BCUT2D eigenvalue weighted by Crippen LogP contribution is 2.50. The first kappa shape index (κ1) is 17.2. The van der Waals surface area contributed by atoms with Gasteiger partial charge in [-0.05, 0) is 35.3 Å². The molecule has 0 bridgehead atoms.